The van der Waals surface area contributed by atoms with Crippen LogP contribution in [0.15, 0.2) is 0 Å². The highest BCUT2D eigenvalue weighted by Gasteiger charge is 2.35. The van der Waals surface area contributed by atoms with Gasteiger partial charge in [-0.05, 0) is 50.4 Å². The number of nitrogens with one attached hydrogen (secondary N) is 1. The van der Waals surface area contributed by atoms with Crippen molar-refractivity contribution in [3.8, 4) is 0 Å². The minimum absolute atomic E-state index is 0.228. The molecular formula is C14H25NO2S. The lowest BCUT2D eigenvalue weighted by molar-refractivity contribution is 0.245. The molecule has 0 aromatic rings. The van der Waals surface area contributed by atoms with Crippen LogP contribution in [0.1, 0.15) is 51.4 Å². The molecule has 3 atom stereocenters. The van der Waals surface area contributed by atoms with E-state index in [1.165, 1.54) is 38.5 Å². The summed E-state index contributed by atoms with van der Waals surface area (Å²) in [4.78, 5) is 0. The molecule has 3 unspecified atom stereocenters. The number of rotatable bonds is 3. The molecule has 1 heterocycles. The summed E-state index contributed by atoms with van der Waals surface area (Å²) in [6, 6.07) is 0.814. The summed E-state index contributed by atoms with van der Waals surface area (Å²) < 4.78 is 23.3. The van der Waals surface area contributed by atoms with Gasteiger partial charge >= 0.3 is 0 Å². The van der Waals surface area contributed by atoms with Crippen LogP contribution in [0.3, 0.4) is 0 Å². The molecule has 18 heavy (non-hydrogen) atoms. The second-order valence-electron chi connectivity index (χ2n) is 6.58. The van der Waals surface area contributed by atoms with Crippen LogP contribution in [-0.4, -0.2) is 32.0 Å². The molecule has 1 saturated heterocycles. The molecule has 2 saturated carbocycles. The van der Waals surface area contributed by atoms with Crippen molar-refractivity contribution in [1.82, 2.24) is 5.32 Å². The van der Waals surface area contributed by atoms with E-state index in [-0.39, 0.29) is 6.04 Å². The van der Waals surface area contributed by atoms with Gasteiger partial charge in [-0.15, -0.1) is 0 Å². The van der Waals surface area contributed by atoms with E-state index >= 15 is 0 Å². The summed E-state index contributed by atoms with van der Waals surface area (Å²) in [7, 11) is -2.76. The third kappa shape index (κ3) is 3.27. The van der Waals surface area contributed by atoms with Gasteiger partial charge in [-0.25, -0.2) is 8.42 Å². The minimum Gasteiger partial charge on any atom is -0.310 e. The Hall–Kier alpha value is -0.0900. The van der Waals surface area contributed by atoms with E-state index in [2.05, 4.69) is 5.32 Å². The van der Waals surface area contributed by atoms with Crippen molar-refractivity contribution in [2.75, 3.05) is 11.5 Å². The lowest BCUT2D eigenvalue weighted by Crippen LogP contribution is -2.46. The Bertz CT molecular complexity index is 389. The van der Waals surface area contributed by atoms with Crippen molar-refractivity contribution in [1.29, 1.82) is 0 Å². The van der Waals surface area contributed by atoms with Gasteiger partial charge in [0.15, 0.2) is 9.84 Å². The van der Waals surface area contributed by atoms with Crippen LogP contribution in [0.5, 0.6) is 0 Å². The molecule has 1 aliphatic heterocycles. The summed E-state index contributed by atoms with van der Waals surface area (Å²) in [5.41, 5.74) is 0. The first-order valence-electron chi connectivity index (χ1n) is 7.59. The summed E-state index contributed by atoms with van der Waals surface area (Å²) in [6.07, 6.45) is 10.1. The first-order chi connectivity index (χ1) is 8.62. The van der Waals surface area contributed by atoms with E-state index in [0.29, 0.717) is 17.5 Å². The molecule has 0 aromatic heterocycles. The van der Waals surface area contributed by atoms with Crippen LogP contribution >= 0.6 is 0 Å². The maximum Gasteiger partial charge on any atom is 0.151 e. The van der Waals surface area contributed by atoms with E-state index in [9.17, 15) is 8.42 Å². The molecule has 3 nitrogen and oxygen atoms in total. The molecule has 4 heteroatoms. The Morgan fingerprint density at radius 3 is 2.33 bits per heavy atom. The van der Waals surface area contributed by atoms with Gasteiger partial charge in [-0.3, -0.25) is 0 Å². The van der Waals surface area contributed by atoms with Gasteiger partial charge in [0.05, 0.1) is 11.5 Å². The highest BCUT2D eigenvalue weighted by atomic mass is 32.2. The molecule has 1 N–H and O–H groups in total. The maximum absolute atomic E-state index is 11.6. The Balaban J connectivity index is 1.52. The monoisotopic (exact) mass is 271 g/mol. The van der Waals surface area contributed by atoms with E-state index < -0.39 is 9.84 Å². The van der Waals surface area contributed by atoms with Crippen LogP contribution in [0.25, 0.3) is 0 Å². The lowest BCUT2D eigenvalue weighted by atomic mass is 9.82. The van der Waals surface area contributed by atoms with Crippen molar-refractivity contribution in [2.45, 2.75) is 63.5 Å². The summed E-state index contributed by atoms with van der Waals surface area (Å²) in [5.74, 6) is 2.71. The lowest BCUT2D eigenvalue weighted by Gasteiger charge is -2.34. The average molecular weight is 271 g/mol. The minimum atomic E-state index is -2.76. The molecular weight excluding hydrogens is 246 g/mol. The first kappa shape index (κ1) is 12.9. The second kappa shape index (κ2) is 5.12. The Morgan fingerprint density at radius 2 is 1.61 bits per heavy atom. The van der Waals surface area contributed by atoms with Gasteiger partial charge in [0.2, 0.25) is 0 Å². The molecule has 104 valence electrons. The van der Waals surface area contributed by atoms with Gasteiger partial charge in [-0.1, -0.05) is 12.8 Å². The van der Waals surface area contributed by atoms with Crippen LogP contribution in [-0.2, 0) is 9.84 Å². The maximum atomic E-state index is 11.6. The predicted molar refractivity (Wildman–Crippen MR) is 73.3 cm³/mol. The normalized spacial score (nSPS) is 40.6. The zero-order chi connectivity index (χ0) is 12.6. The molecule has 0 aromatic carbocycles. The third-order valence-electron chi connectivity index (χ3n) is 4.94. The van der Waals surface area contributed by atoms with Gasteiger partial charge < -0.3 is 5.32 Å². The SMILES string of the molecule is O=S1(=O)CCCC(NC2CCCC(C3CC3)C2)C1. The fraction of sp³-hybridized carbons (Fsp3) is 1.00. The van der Waals surface area contributed by atoms with Crippen molar-refractivity contribution < 1.29 is 8.42 Å². The zero-order valence-corrected chi connectivity index (χ0v) is 11.9. The highest BCUT2D eigenvalue weighted by molar-refractivity contribution is 7.91. The van der Waals surface area contributed by atoms with E-state index in [1.807, 2.05) is 0 Å². The molecule has 2 aliphatic carbocycles. The fourth-order valence-electron chi connectivity index (χ4n) is 3.86. The Kier molecular flexibility index (Phi) is 3.68. The number of hydrogen-bond donors (Lipinski definition) is 1. The number of sulfone groups is 1. The fourth-order valence-corrected chi connectivity index (χ4v) is 5.51. The summed E-state index contributed by atoms with van der Waals surface area (Å²) in [6.45, 7) is 0. The standard InChI is InChI=1S/C14H25NO2S/c16-18(17)8-2-5-14(10-18)15-13-4-1-3-12(9-13)11-6-7-11/h11-15H,1-10H2. The quantitative estimate of drug-likeness (QED) is 0.855. The Labute approximate surface area is 111 Å². The topological polar surface area (TPSA) is 46.2 Å². The van der Waals surface area contributed by atoms with Crippen LogP contribution < -0.4 is 5.32 Å². The number of hydrogen-bond acceptors (Lipinski definition) is 3. The van der Waals surface area contributed by atoms with Gasteiger partial charge in [0, 0.05) is 12.1 Å². The van der Waals surface area contributed by atoms with E-state index in [4.69, 9.17) is 0 Å². The smallest absolute Gasteiger partial charge is 0.151 e. The van der Waals surface area contributed by atoms with Gasteiger partial charge in [0.1, 0.15) is 0 Å². The molecule has 3 rings (SSSR count). The zero-order valence-electron chi connectivity index (χ0n) is 11.1. The third-order valence-corrected chi connectivity index (χ3v) is 6.76. The van der Waals surface area contributed by atoms with Gasteiger partial charge in [0.25, 0.3) is 0 Å². The van der Waals surface area contributed by atoms with Crippen molar-refractivity contribution in [3.05, 3.63) is 0 Å². The summed E-state index contributed by atoms with van der Waals surface area (Å²) >= 11 is 0. The molecule has 3 fully saturated rings. The van der Waals surface area contributed by atoms with Crippen LogP contribution in [0.4, 0.5) is 0 Å². The van der Waals surface area contributed by atoms with E-state index in [0.717, 1.165) is 24.7 Å². The van der Waals surface area contributed by atoms with Crippen LogP contribution in [0, 0.1) is 11.8 Å². The molecule has 0 radical (unpaired) electrons. The van der Waals surface area contributed by atoms with Crippen molar-refractivity contribution in [2.24, 2.45) is 11.8 Å². The molecule has 0 amide bonds. The largest absolute Gasteiger partial charge is 0.310 e. The van der Waals surface area contributed by atoms with E-state index in [1.54, 1.807) is 0 Å². The predicted octanol–water partition coefficient (Wildman–Crippen LogP) is 2.12. The summed E-state index contributed by atoms with van der Waals surface area (Å²) in [5, 5.41) is 3.65. The average Bonchev–Trinajstić information content (AvgIpc) is 3.11. The second-order valence-corrected chi connectivity index (χ2v) is 8.81. The van der Waals surface area contributed by atoms with Gasteiger partial charge in [-0.2, -0.15) is 0 Å². The van der Waals surface area contributed by atoms with Crippen molar-refractivity contribution >= 4 is 9.84 Å². The van der Waals surface area contributed by atoms with Crippen molar-refractivity contribution in [3.63, 3.8) is 0 Å². The molecule has 0 spiro atoms. The first-order valence-corrected chi connectivity index (χ1v) is 9.41. The highest BCUT2D eigenvalue weighted by Crippen LogP contribution is 2.44. The molecule has 0 bridgehead atoms. The molecule has 3 aliphatic rings. The Morgan fingerprint density at radius 1 is 0.833 bits per heavy atom. The van der Waals surface area contributed by atoms with Crippen LogP contribution in [0.2, 0.25) is 0 Å².